The van der Waals surface area contributed by atoms with Crippen LogP contribution in [0.3, 0.4) is 0 Å². The van der Waals surface area contributed by atoms with Crippen LogP contribution in [0.1, 0.15) is 0 Å². The highest BCUT2D eigenvalue weighted by Crippen LogP contribution is 2.20. The quantitative estimate of drug-likeness (QED) is 0.736. The van der Waals surface area contributed by atoms with Crippen LogP contribution in [0.25, 0.3) is 10.9 Å². The van der Waals surface area contributed by atoms with E-state index in [0.717, 1.165) is 16.7 Å². The molecule has 0 saturated carbocycles. The van der Waals surface area contributed by atoms with Crippen molar-refractivity contribution >= 4 is 16.7 Å². The van der Waals surface area contributed by atoms with Crippen molar-refractivity contribution in [2.24, 2.45) is 0 Å². The number of pyridine rings is 1. The minimum Gasteiger partial charge on any atom is -0.497 e. The SMILES string of the molecule is COc1ccc2nc(NC[C@@H](O)CO)ccc2c1. The molecule has 0 unspecified atom stereocenters. The monoisotopic (exact) mass is 248 g/mol. The van der Waals surface area contributed by atoms with Gasteiger partial charge >= 0.3 is 0 Å². The number of fused-ring (bicyclic) bond motifs is 1. The first-order valence-electron chi connectivity index (χ1n) is 5.70. The Morgan fingerprint density at radius 3 is 2.89 bits per heavy atom. The fourth-order valence-corrected chi connectivity index (χ4v) is 1.62. The lowest BCUT2D eigenvalue weighted by atomic mass is 10.2. The molecule has 0 radical (unpaired) electrons. The zero-order chi connectivity index (χ0) is 13.0. The van der Waals surface area contributed by atoms with Crippen LogP contribution in [0, 0.1) is 0 Å². The Kier molecular flexibility index (Phi) is 3.96. The Bertz CT molecular complexity index is 531. The molecule has 2 aromatic rings. The van der Waals surface area contributed by atoms with Crippen LogP contribution in [0.4, 0.5) is 5.82 Å². The van der Waals surface area contributed by atoms with Gasteiger partial charge in [-0.25, -0.2) is 4.98 Å². The van der Waals surface area contributed by atoms with E-state index in [9.17, 15) is 5.11 Å². The molecule has 18 heavy (non-hydrogen) atoms. The lowest BCUT2D eigenvalue weighted by molar-refractivity contribution is 0.105. The second-order valence-corrected chi connectivity index (χ2v) is 3.97. The van der Waals surface area contributed by atoms with E-state index in [4.69, 9.17) is 9.84 Å². The van der Waals surface area contributed by atoms with Crippen molar-refractivity contribution in [3.8, 4) is 5.75 Å². The Balaban J connectivity index is 2.17. The lowest BCUT2D eigenvalue weighted by Gasteiger charge is -2.10. The van der Waals surface area contributed by atoms with E-state index in [0.29, 0.717) is 5.82 Å². The van der Waals surface area contributed by atoms with Gasteiger partial charge in [0.25, 0.3) is 0 Å². The minimum atomic E-state index is -0.779. The molecule has 1 aromatic heterocycles. The average molecular weight is 248 g/mol. The van der Waals surface area contributed by atoms with Crippen molar-refractivity contribution in [1.82, 2.24) is 4.98 Å². The van der Waals surface area contributed by atoms with Gasteiger partial charge in [0.15, 0.2) is 0 Å². The number of methoxy groups -OCH3 is 1. The smallest absolute Gasteiger partial charge is 0.126 e. The molecular weight excluding hydrogens is 232 g/mol. The van der Waals surface area contributed by atoms with Crippen molar-refractivity contribution in [2.45, 2.75) is 6.10 Å². The largest absolute Gasteiger partial charge is 0.497 e. The van der Waals surface area contributed by atoms with Gasteiger partial charge in [0.05, 0.1) is 25.3 Å². The number of ether oxygens (including phenoxy) is 1. The molecule has 0 aliphatic heterocycles. The summed E-state index contributed by atoms with van der Waals surface area (Å²) < 4.78 is 5.14. The molecule has 2 rings (SSSR count). The van der Waals surface area contributed by atoms with Crippen LogP contribution in [0.5, 0.6) is 5.75 Å². The molecule has 0 saturated heterocycles. The molecule has 0 amide bonds. The first-order chi connectivity index (χ1) is 8.72. The first-order valence-corrected chi connectivity index (χ1v) is 5.70. The van der Waals surface area contributed by atoms with Crippen molar-refractivity contribution in [2.75, 3.05) is 25.6 Å². The molecule has 1 atom stereocenters. The predicted molar refractivity (Wildman–Crippen MR) is 69.9 cm³/mol. The molecular formula is C13H16N2O3. The highest BCUT2D eigenvalue weighted by Gasteiger charge is 2.03. The number of aromatic nitrogens is 1. The number of rotatable bonds is 5. The zero-order valence-corrected chi connectivity index (χ0v) is 10.1. The van der Waals surface area contributed by atoms with Crippen LogP contribution >= 0.6 is 0 Å². The van der Waals surface area contributed by atoms with Crippen LogP contribution in [-0.2, 0) is 0 Å². The molecule has 5 nitrogen and oxygen atoms in total. The van der Waals surface area contributed by atoms with Crippen LogP contribution in [-0.4, -0.2) is 41.6 Å². The summed E-state index contributed by atoms with van der Waals surface area (Å²) in [5.74, 6) is 1.46. The fourth-order valence-electron chi connectivity index (χ4n) is 1.62. The molecule has 1 heterocycles. The molecule has 1 aromatic carbocycles. The number of hydrogen-bond donors (Lipinski definition) is 3. The first kappa shape index (κ1) is 12.6. The van der Waals surface area contributed by atoms with E-state index < -0.39 is 6.10 Å². The van der Waals surface area contributed by atoms with E-state index >= 15 is 0 Å². The Morgan fingerprint density at radius 2 is 2.17 bits per heavy atom. The summed E-state index contributed by atoms with van der Waals surface area (Å²) >= 11 is 0. The van der Waals surface area contributed by atoms with Crippen LogP contribution in [0.15, 0.2) is 30.3 Å². The number of nitrogens with zero attached hydrogens (tertiary/aromatic N) is 1. The second-order valence-electron chi connectivity index (χ2n) is 3.97. The van der Waals surface area contributed by atoms with Gasteiger partial charge in [0, 0.05) is 11.9 Å². The molecule has 0 bridgehead atoms. The maximum Gasteiger partial charge on any atom is 0.126 e. The third-order valence-electron chi connectivity index (χ3n) is 2.63. The van der Waals surface area contributed by atoms with Gasteiger partial charge in [-0.1, -0.05) is 0 Å². The topological polar surface area (TPSA) is 74.6 Å². The average Bonchev–Trinajstić information content (AvgIpc) is 2.43. The summed E-state index contributed by atoms with van der Waals surface area (Å²) in [5, 5.41) is 21.9. The summed E-state index contributed by atoms with van der Waals surface area (Å²) in [4.78, 5) is 4.40. The third-order valence-corrected chi connectivity index (χ3v) is 2.63. The van der Waals surface area contributed by atoms with Crippen molar-refractivity contribution in [3.05, 3.63) is 30.3 Å². The fraction of sp³-hybridized carbons (Fsp3) is 0.308. The molecule has 96 valence electrons. The number of anilines is 1. The summed E-state index contributed by atoms with van der Waals surface area (Å²) in [5.41, 5.74) is 0.847. The van der Waals surface area contributed by atoms with Gasteiger partial charge < -0.3 is 20.3 Å². The molecule has 0 aliphatic carbocycles. The highest BCUT2D eigenvalue weighted by molar-refractivity contribution is 5.81. The van der Waals surface area contributed by atoms with Gasteiger partial charge in [-0.3, -0.25) is 0 Å². The minimum absolute atomic E-state index is 0.266. The van der Waals surface area contributed by atoms with Crippen molar-refractivity contribution in [3.63, 3.8) is 0 Å². The maximum absolute atomic E-state index is 9.24. The Hall–Kier alpha value is -1.85. The number of hydrogen-bond acceptors (Lipinski definition) is 5. The van der Waals surface area contributed by atoms with E-state index in [1.165, 1.54) is 0 Å². The summed E-state index contributed by atoms with van der Waals surface area (Å²) in [6.45, 7) is 0.00292. The second kappa shape index (κ2) is 5.66. The normalized spacial score (nSPS) is 12.4. The molecule has 0 spiro atoms. The van der Waals surface area contributed by atoms with Gasteiger partial charge in [0.2, 0.25) is 0 Å². The summed E-state index contributed by atoms with van der Waals surface area (Å²) in [6, 6.07) is 9.39. The van der Waals surface area contributed by atoms with Crippen molar-refractivity contribution < 1.29 is 14.9 Å². The van der Waals surface area contributed by atoms with Gasteiger partial charge in [-0.15, -0.1) is 0 Å². The summed E-state index contributed by atoms with van der Waals surface area (Å²) in [7, 11) is 1.63. The summed E-state index contributed by atoms with van der Waals surface area (Å²) in [6.07, 6.45) is -0.779. The van der Waals surface area contributed by atoms with E-state index in [2.05, 4.69) is 10.3 Å². The standard InChI is InChI=1S/C13H16N2O3/c1-18-11-3-4-12-9(6-11)2-5-13(15-12)14-7-10(17)8-16/h2-6,10,16-17H,7-8H2,1H3,(H,14,15)/t10-/m1/s1. The third kappa shape index (κ3) is 2.88. The predicted octanol–water partition coefficient (Wildman–Crippen LogP) is 1.01. The highest BCUT2D eigenvalue weighted by atomic mass is 16.5. The number of benzene rings is 1. The van der Waals surface area contributed by atoms with Gasteiger partial charge in [0.1, 0.15) is 11.6 Å². The van der Waals surface area contributed by atoms with Crippen molar-refractivity contribution in [1.29, 1.82) is 0 Å². The number of aliphatic hydroxyl groups is 2. The Labute approximate surface area is 105 Å². The van der Waals surface area contributed by atoms with Crippen LogP contribution in [0.2, 0.25) is 0 Å². The molecule has 3 N–H and O–H groups in total. The Morgan fingerprint density at radius 1 is 1.33 bits per heavy atom. The van der Waals surface area contributed by atoms with E-state index in [-0.39, 0.29) is 13.2 Å². The molecule has 5 heteroatoms. The lowest BCUT2D eigenvalue weighted by Crippen LogP contribution is -2.23. The van der Waals surface area contributed by atoms with E-state index in [1.807, 2.05) is 30.3 Å². The van der Waals surface area contributed by atoms with Gasteiger partial charge in [-0.05, 0) is 30.3 Å². The molecule has 0 fully saturated rings. The van der Waals surface area contributed by atoms with Gasteiger partial charge in [-0.2, -0.15) is 0 Å². The van der Waals surface area contributed by atoms with Crippen LogP contribution < -0.4 is 10.1 Å². The molecule has 0 aliphatic rings. The zero-order valence-electron chi connectivity index (χ0n) is 10.1. The van der Waals surface area contributed by atoms with E-state index in [1.54, 1.807) is 7.11 Å². The number of aliphatic hydroxyl groups excluding tert-OH is 2. The number of nitrogens with one attached hydrogen (secondary N) is 1. The maximum atomic E-state index is 9.24.